The molecule has 2 rings (SSSR count). The average Bonchev–Trinajstić information content (AvgIpc) is 3.04. The minimum absolute atomic E-state index is 0.650. The molecule has 1 N–H and O–H groups in total. The summed E-state index contributed by atoms with van der Waals surface area (Å²) in [5.74, 6) is 0.650. The maximum absolute atomic E-state index is 5.23. The Morgan fingerprint density at radius 3 is 3.16 bits per heavy atom. The molecule has 6 heteroatoms. The predicted molar refractivity (Wildman–Crippen MR) is 77.9 cm³/mol. The first-order valence-electron chi connectivity index (χ1n) is 6.71. The number of anilines is 1. The predicted octanol–water partition coefficient (Wildman–Crippen LogP) is 1.35. The maximum atomic E-state index is 5.23. The molecule has 1 atom stereocenters. The van der Waals surface area contributed by atoms with Gasteiger partial charge >= 0.3 is 0 Å². The molecular formula is C13H23N3O2S. The smallest absolute Gasteiger partial charge is 0.185 e. The normalized spacial score (nSPS) is 19.3. The Hall–Kier alpha value is -0.690. The lowest BCUT2D eigenvalue weighted by atomic mass is 10.1. The van der Waals surface area contributed by atoms with E-state index in [1.165, 1.54) is 6.42 Å². The van der Waals surface area contributed by atoms with Gasteiger partial charge in [-0.2, -0.15) is 0 Å². The molecule has 1 unspecified atom stereocenters. The summed E-state index contributed by atoms with van der Waals surface area (Å²) >= 11 is 1.73. The Labute approximate surface area is 118 Å². The highest BCUT2D eigenvalue weighted by Crippen LogP contribution is 2.27. The molecular weight excluding hydrogens is 262 g/mol. The van der Waals surface area contributed by atoms with E-state index in [0.717, 1.165) is 50.2 Å². The second-order valence-corrected chi connectivity index (χ2v) is 5.68. The molecule has 2 heterocycles. The van der Waals surface area contributed by atoms with Crippen LogP contribution in [0.3, 0.4) is 0 Å². The molecule has 0 spiro atoms. The first-order chi connectivity index (χ1) is 9.33. The molecule has 1 aliphatic rings. The Morgan fingerprint density at radius 2 is 2.37 bits per heavy atom. The minimum Gasteiger partial charge on any atom is -0.384 e. The van der Waals surface area contributed by atoms with E-state index in [1.54, 1.807) is 25.6 Å². The number of aromatic nitrogens is 1. The fourth-order valence-electron chi connectivity index (χ4n) is 2.29. The van der Waals surface area contributed by atoms with Crippen LogP contribution in [0.25, 0.3) is 0 Å². The zero-order chi connectivity index (χ0) is 13.5. The van der Waals surface area contributed by atoms with Gasteiger partial charge in [0.05, 0.1) is 18.9 Å². The van der Waals surface area contributed by atoms with E-state index in [9.17, 15) is 0 Å². The lowest BCUT2D eigenvalue weighted by Gasteiger charge is -2.14. The van der Waals surface area contributed by atoms with Crippen LogP contribution in [-0.2, 0) is 16.0 Å². The van der Waals surface area contributed by atoms with Crippen molar-refractivity contribution in [3.8, 4) is 0 Å². The van der Waals surface area contributed by atoms with Crippen LogP contribution in [0.4, 0.5) is 5.13 Å². The van der Waals surface area contributed by atoms with Crippen molar-refractivity contribution in [3.63, 3.8) is 0 Å². The molecule has 1 saturated heterocycles. The van der Waals surface area contributed by atoms with E-state index in [4.69, 9.17) is 9.47 Å². The maximum Gasteiger partial charge on any atom is 0.185 e. The Kier molecular flexibility index (Phi) is 6.03. The van der Waals surface area contributed by atoms with Gasteiger partial charge in [0.25, 0.3) is 0 Å². The summed E-state index contributed by atoms with van der Waals surface area (Å²) in [6.45, 7) is 5.43. The molecule has 108 valence electrons. The van der Waals surface area contributed by atoms with Crippen molar-refractivity contribution in [2.45, 2.75) is 13.0 Å². The number of nitrogens with zero attached hydrogens (tertiary/aromatic N) is 2. The van der Waals surface area contributed by atoms with Crippen LogP contribution >= 0.6 is 11.3 Å². The molecule has 1 aliphatic heterocycles. The summed E-state index contributed by atoms with van der Waals surface area (Å²) < 4.78 is 10.2. The van der Waals surface area contributed by atoms with Crippen molar-refractivity contribution in [3.05, 3.63) is 11.1 Å². The highest BCUT2D eigenvalue weighted by molar-refractivity contribution is 7.13. The zero-order valence-electron chi connectivity index (χ0n) is 11.7. The van der Waals surface area contributed by atoms with E-state index < -0.39 is 0 Å². The van der Waals surface area contributed by atoms with Gasteiger partial charge in [-0.3, -0.25) is 0 Å². The summed E-state index contributed by atoms with van der Waals surface area (Å²) in [7, 11) is 3.49. The second-order valence-electron chi connectivity index (χ2n) is 4.85. The third-order valence-corrected chi connectivity index (χ3v) is 4.24. The molecule has 0 amide bonds. The fourth-order valence-corrected chi connectivity index (χ4v) is 3.15. The molecule has 19 heavy (non-hydrogen) atoms. The van der Waals surface area contributed by atoms with Crippen LogP contribution < -0.4 is 10.2 Å². The van der Waals surface area contributed by atoms with Crippen molar-refractivity contribution < 1.29 is 9.47 Å². The third kappa shape index (κ3) is 4.42. The van der Waals surface area contributed by atoms with Crippen molar-refractivity contribution in [1.82, 2.24) is 10.3 Å². The van der Waals surface area contributed by atoms with Gasteiger partial charge in [0, 0.05) is 51.7 Å². The lowest BCUT2D eigenvalue weighted by Crippen LogP contribution is -2.21. The minimum atomic E-state index is 0.650. The monoisotopic (exact) mass is 285 g/mol. The van der Waals surface area contributed by atoms with Crippen LogP contribution in [0.15, 0.2) is 5.38 Å². The average molecular weight is 285 g/mol. The summed E-state index contributed by atoms with van der Waals surface area (Å²) in [5.41, 5.74) is 1.12. The molecule has 1 fully saturated rings. The fraction of sp³-hybridized carbons (Fsp3) is 0.769. The van der Waals surface area contributed by atoms with Crippen LogP contribution in [0.1, 0.15) is 12.1 Å². The summed E-state index contributed by atoms with van der Waals surface area (Å²) in [4.78, 5) is 7.05. The molecule has 0 aliphatic carbocycles. The van der Waals surface area contributed by atoms with Gasteiger partial charge in [-0.15, -0.1) is 11.3 Å². The van der Waals surface area contributed by atoms with Gasteiger partial charge in [0.15, 0.2) is 5.13 Å². The van der Waals surface area contributed by atoms with Crippen molar-refractivity contribution in [2.75, 3.05) is 52.0 Å². The molecule has 1 aromatic rings. The molecule has 0 radical (unpaired) electrons. The van der Waals surface area contributed by atoms with Crippen molar-refractivity contribution in [2.24, 2.45) is 5.92 Å². The van der Waals surface area contributed by atoms with Crippen LogP contribution in [-0.4, -0.2) is 52.1 Å². The van der Waals surface area contributed by atoms with Gasteiger partial charge in [0.2, 0.25) is 0 Å². The number of ether oxygens (including phenoxy) is 2. The summed E-state index contributed by atoms with van der Waals surface area (Å²) in [6.07, 6.45) is 1.20. The Morgan fingerprint density at radius 1 is 1.47 bits per heavy atom. The van der Waals surface area contributed by atoms with Gasteiger partial charge in [-0.05, 0) is 6.42 Å². The van der Waals surface area contributed by atoms with Gasteiger partial charge in [-0.25, -0.2) is 4.98 Å². The Balaban J connectivity index is 1.77. The number of hydrogen-bond acceptors (Lipinski definition) is 6. The SMILES string of the molecule is COCCNCc1csc(N2CCC(COC)C2)n1. The summed E-state index contributed by atoms with van der Waals surface area (Å²) in [6, 6.07) is 0. The molecule has 5 nitrogen and oxygen atoms in total. The molecule has 0 bridgehead atoms. The molecule has 0 saturated carbocycles. The first kappa shape index (κ1) is 14.7. The van der Waals surface area contributed by atoms with E-state index in [2.05, 4.69) is 20.6 Å². The number of thiazole rings is 1. The van der Waals surface area contributed by atoms with Crippen LogP contribution in [0.2, 0.25) is 0 Å². The zero-order valence-corrected chi connectivity index (χ0v) is 12.5. The number of methoxy groups -OCH3 is 2. The third-order valence-electron chi connectivity index (χ3n) is 3.29. The summed E-state index contributed by atoms with van der Waals surface area (Å²) in [5, 5.41) is 6.59. The highest BCUT2D eigenvalue weighted by Gasteiger charge is 2.24. The first-order valence-corrected chi connectivity index (χ1v) is 7.59. The largest absolute Gasteiger partial charge is 0.384 e. The standard InChI is InChI=1S/C13H23N3O2S/c1-17-6-4-14-7-12-10-19-13(15-12)16-5-3-11(8-16)9-18-2/h10-11,14H,3-9H2,1-2H3. The second kappa shape index (κ2) is 7.79. The number of rotatable bonds is 8. The Bertz CT molecular complexity index is 373. The quantitative estimate of drug-likeness (QED) is 0.731. The van der Waals surface area contributed by atoms with E-state index >= 15 is 0 Å². The van der Waals surface area contributed by atoms with E-state index in [-0.39, 0.29) is 0 Å². The van der Waals surface area contributed by atoms with E-state index in [1.807, 2.05) is 0 Å². The topological polar surface area (TPSA) is 46.6 Å². The number of nitrogens with one attached hydrogen (secondary N) is 1. The van der Waals surface area contributed by atoms with E-state index in [0.29, 0.717) is 5.92 Å². The molecule has 0 aromatic carbocycles. The molecule has 1 aromatic heterocycles. The highest BCUT2D eigenvalue weighted by atomic mass is 32.1. The van der Waals surface area contributed by atoms with Crippen molar-refractivity contribution in [1.29, 1.82) is 0 Å². The lowest BCUT2D eigenvalue weighted by molar-refractivity contribution is 0.161. The van der Waals surface area contributed by atoms with Crippen molar-refractivity contribution >= 4 is 16.5 Å². The van der Waals surface area contributed by atoms with Crippen LogP contribution in [0, 0.1) is 5.92 Å². The van der Waals surface area contributed by atoms with Gasteiger partial charge in [-0.1, -0.05) is 0 Å². The van der Waals surface area contributed by atoms with Crippen LogP contribution in [0.5, 0.6) is 0 Å². The number of hydrogen-bond donors (Lipinski definition) is 1. The van der Waals surface area contributed by atoms with Gasteiger partial charge < -0.3 is 19.7 Å². The van der Waals surface area contributed by atoms with Gasteiger partial charge in [0.1, 0.15) is 0 Å².